The van der Waals surface area contributed by atoms with Crippen LogP contribution in [0.5, 0.6) is 0 Å². The van der Waals surface area contributed by atoms with E-state index in [0.717, 1.165) is 12.0 Å². The molecule has 0 aliphatic rings. The Morgan fingerprint density at radius 2 is 2.11 bits per heavy atom. The van der Waals surface area contributed by atoms with Crippen molar-refractivity contribution in [3.8, 4) is 11.4 Å². The molecular weight excluding hydrogens is 230 g/mol. The molecule has 0 atom stereocenters. The smallest absolute Gasteiger partial charge is 0.356 e. The second-order valence-corrected chi connectivity index (χ2v) is 3.84. The third-order valence-electron chi connectivity index (χ3n) is 2.62. The van der Waals surface area contributed by atoms with E-state index in [1.807, 2.05) is 19.1 Å². The molecule has 0 unspecified atom stereocenters. The number of hydrogen-bond donors (Lipinski definition) is 2. The number of pyridine rings is 2. The van der Waals surface area contributed by atoms with Gasteiger partial charge in [0.1, 0.15) is 0 Å². The lowest BCUT2D eigenvalue weighted by Crippen LogP contribution is -2.06. The molecule has 2 aromatic heterocycles. The van der Waals surface area contributed by atoms with E-state index in [0.29, 0.717) is 11.4 Å². The van der Waals surface area contributed by atoms with Gasteiger partial charge in [-0.15, -0.1) is 0 Å². The third-order valence-corrected chi connectivity index (χ3v) is 2.62. The minimum atomic E-state index is -1.14. The zero-order chi connectivity index (χ0) is 13.1. The van der Waals surface area contributed by atoms with Gasteiger partial charge in [0.05, 0.1) is 17.1 Å². The number of carboxylic acids is 1. The van der Waals surface area contributed by atoms with Crippen LogP contribution in [-0.2, 0) is 6.42 Å². The fourth-order valence-corrected chi connectivity index (χ4v) is 1.62. The molecule has 0 bridgehead atoms. The molecule has 2 rings (SSSR count). The Hall–Kier alpha value is -2.43. The highest BCUT2D eigenvalue weighted by Crippen LogP contribution is 2.19. The number of aromatic nitrogens is 2. The zero-order valence-corrected chi connectivity index (χ0v) is 9.92. The molecule has 0 saturated heterocycles. The zero-order valence-electron chi connectivity index (χ0n) is 9.92. The third kappa shape index (κ3) is 2.29. The number of nitrogens with zero attached hydrogens (tertiary/aromatic N) is 2. The first-order valence-corrected chi connectivity index (χ1v) is 5.57. The summed E-state index contributed by atoms with van der Waals surface area (Å²) in [5.74, 6) is -1.14. The van der Waals surface area contributed by atoms with Gasteiger partial charge >= 0.3 is 5.97 Å². The number of nitrogen functional groups attached to an aromatic ring is 1. The number of rotatable bonds is 3. The van der Waals surface area contributed by atoms with Gasteiger partial charge in [0.15, 0.2) is 5.69 Å². The van der Waals surface area contributed by atoms with Gasteiger partial charge in [-0.2, -0.15) is 0 Å². The summed E-state index contributed by atoms with van der Waals surface area (Å²) in [7, 11) is 0. The highest BCUT2D eigenvalue weighted by Gasteiger charge is 2.12. The molecule has 0 radical (unpaired) electrons. The van der Waals surface area contributed by atoms with Crippen LogP contribution >= 0.6 is 0 Å². The van der Waals surface area contributed by atoms with Crippen molar-refractivity contribution < 1.29 is 9.90 Å². The quantitative estimate of drug-likeness (QED) is 0.860. The van der Waals surface area contributed by atoms with E-state index in [1.54, 1.807) is 12.3 Å². The summed E-state index contributed by atoms with van der Waals surface area (Å²) in [6, 6.07) is 7.01. The fraction of sp³-hybridized carbons (Fsp3) is 0.154. The van der Waals surface area contributed by atoms with Crippen LogP contribution in [0.2, 0.25) is 0 Å². The molecule has 0 fully saturated rings. The first-order valence-electron chi connectivity index (χ1n) is 5.57. The van der Waals surface area contributed by atoms with E-state index >= 15 is 0 Å². The maximum atomic E-state index is 11.0. The van der Waals surface area contributed by atoms with Crippen molar-refractivity contribution in [3.63, 3.8) is 0 Å². The topological polar surface area (TPSA) is 89.1 Å². The second kappa shape index (κ2) is 4.83. The van der Waals surface area contributed by atoms with Gasteiger partial charge in [0.2, 0.25) is 0 Å². The predicted molar refractivity (Wildman–Crippen MR) is 68.2 cm³/mol. The Bertz CT molecular complexity index is 597. The number of aromatic carboxylic acids is 1. The minimum Gasteiger partial charge on any atom is -0.476 e. The predicted octanol–water partition coefficient (Wildman–Crippen LogP) is 1.99. The molecule has 18 heavy (non-hydrogen) atoms. The maximum Gasteiger partial charge on any atom is 0.356 e. The summed E-state index contributed by atoms with van der Waals surface area (Å²) in [4.78, 5) is 19.2. The summed E-state index contributed by atoms with van der Waals surface area (Å²) in [6.45, 7) is 2.04. The molecule has 5 heteroatoms. The van der Waals surface area contributed by atoms with Gasteiger partial charge in [-0.25, -0.2) is 9.78 Å². The summed E-state index contributed by atoms with van der Waals surface area (Å²) < 4.78 is 0. The van der Waals surface area contributed by atoms with Gasteiger partial charge in [0.25, 0.3) is 0 Å². The van der Waals surface area contributed by atoms with Crippen LogP contribution in [0.4, 0.5) is 5.69 Å². The SMILES string of the molecule is CCc1ccnc(-c2ccc(N)c(C(=O)O)n2)c1. The first kappa shape index (κ1) is 12.0. The molecule has 0 aliphatic heterocycles. The minimum absolute atomic E-state index is 0.142. The summed E-state index contributed by atoms with van der Waals surface area (Å²) in [6.07, 6.45) is 2.57. The van der Waals surface area contributed by atoms with Crippen LogP contribution in [0.3, 0.4) is 0 Å². The van der Waals surface area contributed by atoms with Gasteiger partial charge in [-0.1, -0.05) is 6.92 Å². The van der Waals surface area contributed by atoms with Crippen LogP contribution in [0, 0.1) is 0 Å². The lowest BCUT2D eigenvalue weighted by Gasteiger charge is -2.05. The number of hydrogen-bond acceptors (Lipinski definition) is 4. The van der Waals surface area contributed by atoms with E-state index in [2.05, 4.69) is 9.97 Å². The number of nitrogens with two attached hydrogens (primary N) is 1. The van der Waals surface area contributed by atoms with Crippen molar-refractivity contribution in [3.05, 3.63) is 41.7 Å². The highest BCUT2D eigenvalue weighted by molar-refractivity contribution is 5.92. The molecule has 5 nitrogen and oxygen atoms in total. The summed E-state index contributed by atoms with van der Waals surface area (Å²) in [5.41, 5.74) is 7.85. The van der Waals surface area contributed by atoms with E-state index in [9.17, 15) is 4.79 Å². The Morgan fingerprint density at radius 3 is 2.78 bits per heavy atom. The lowest BCUT2D eigenvalue weighted by atomic mass is 10.1. The van der Waals surface area contributed by atoms with Crippen molar-refractivity contribution >= 4 is 11.7 Å². The van der Waals surface area contributed by atoms with Crippen LogP contribution in [-0.4, -0.2) is 21.0 Å². The number of anilines is 1. The van der Waals surface area contributed by atoms with E-state index in [4.69, 9.17) is 10.8 Å². The monoisotopic (exact) mass is 243 g/mol. The van der Waals surface area contributed by atoms with Crippen LogP contribution < -0.4 is 5.73 Å². The normalized spacial score (nSPS) is 10.3. The van der Waals surface area contributed by atoms with E-state index < -0.39 is 5.97 Å². The Balaban J connectivity index is 2.50. The average Bonchev–Trinajstić information content (AvgIpc) is 2.39. The molecular formula is C13H13N3O2. The van der Waals surface area contributed by atoms with Crippen LogP contribution in [0.25, 0.3) is 11.4 Å². The molecule has 2 heterocycles. The van der Waals surface area contributed by atoms with Crippen molar-refractivity contribution in [1.82, 2.24) is 9.97 Å². The highest BCUT2D eigenvalue weighted by atomic mass is 16.4. The fourth-order valence-electron chi connectivity index (χ4n) is 1.62. The Labute approximate surface area is 104 Å². The summed E-state index contributed by atoms with van der Waals surface area (Å²) >= 11 is 0. The molecule has 0 amide bonds. The van der Waals surface area contributed by atoms with Gasteiger partial charge in [-0.05, 0) is 36.2 Å². The van der Waals surface area contributed by atoms with Gasteiger partial charge < -0.3 is 10.8 Å². The van der Waals surface area contributed by atoms with Crippen molar-refractivity contribution in [2.75, 3.05) is 5.73 Å². The van der Waals surface area contributed by atoms with Crippen LogP contribution in [0.1, 0.15) is 23.0 Å². The molecule has 2 aromatic rings. The lowest BCUT2D eigenvalue weighted by molar-refractivity contribution is 0.0692. The first-order chi connectivity index (χ1) is 8.61. The Kier molecular flexibility index (Phi) is 3.23. The van der Waals surface area contributed by atoms with Gasteiger partial charge in [-0.3, -0.25) is 4.98 Å². The van der Waals surface area contributed by atoms with Crippen molar-refractivity contribution in [1.29, 1.82) is 0 Å². The molecule has 3 N–H and O–H groups in total. The molecule has 0 saturated carbocycles. The number of aryl methyl sites for hydroxylation is 1. The van der Waals surface area contributed by atoms with Crippen molar-refractivity contribution in [2.24, 2.45) is 0 Å². The molecule has 0 spiro atoms. The molecule has 92 valence electrons. The number of carboxylic acid groups (broad SMARTS) is 1. The standard InChI is InChI=1S/C13H13N3O2/c1-2-8-5-6-15-11(7-8)10-4-3-9(14)12(16-10)13(17)18/h3-7H,2,14H2,1H3,(H,17,18). The Morgan fingerprint density at radius 1 is 1.33 bits per heavy atom. The molecule has 0 aromatic carbocycles. The molecule has 0 aliphatic carbocycles. The van der Waals surface area contributed by atoms with E-state index in [1.165, 1.54) is 6.07 Å². The van der Waals surface area contributed by atoms with E-state index in [-0.39, 0.29) is 11.4 Å². The number of carbonyl (C=O) groups is 1. The van der Waals surface area contributed by atoms with Crippen LogP contribution in [0.15, 0.2) is 30.5 Å². The largest absolute Gasteiger partial charge is 0.476 e. The second-order valence-electron chi connectivity index (χ2n) is 3.84. The summed E-state index contributed by atoms with van der Waals surface area (Å²) in [5, 5.41) is 8.97. The van der Waals surface area contributed by atoms with Crippen molar-refractivity contribution in [2.45, 2.75) is 13.3 Å². The average molecular weight is 243 g/mol. The maximum absolute atomic E-state index is 11.0. The van der Waals surface area contributed by atoms with Gasteiger partial charge in [0, 0.05) is 6.20 Å².